The van der Waals surface area contributed by atoms with Crippen molar-refractivity contribution in [1.29, 1.82) is 0 Å². The van der Waals surface area contributed by atoms with Crippen molar-refractivity contribution in [1.82, 2.24) is 10.2 Å². The molecular formula is C11H12BrN3. The number of para-hydroxylation sites is 1. The molecule has 1 aliphatic rings. The molecule has 0 spiro atoms. The Hall–Kier alpha value is -0.870. The Kier molecular flexibility index (Phi) is 1.91. The van der Waals surface area contributed by atoms with Crippen molar-refractivity contribution in [2.45, 2.75) is 18.3 Å². The highest BCUT2D eigenvalue weighted by atomic mass is 79.9. The lowest BCUT2D eigenvalue weighted by atomic mass is 9.94. The molecule has 0 atom stereocenters. The topological polar surface area (TPSA) is 54.7 Å². The largest absolute Gasteiger partial charge is 0.330 e. The van der Waals surface area contributed by atoms with Crippen LogP contribution in [0.25, 0.3) is 10.9 Å². The predicted molar refractivity (Wildman–Crippen MR) is 63.8 cm³/mol. The van der Waals surface area contributed by atoms with Crippen LogP contribution in [0.4, 0.5) is 0 Å². The van der Waals surface area contributed by atoms with E-state index in [0.29, 0.717) is 0 Å². The van der Waals surface area contributed by atoms with Crippen LogP contribution in [0.2, 0.25) is 0 Å². The van der Waals surface area contributed by atoms with Crippen molar-refractivity contribution in [2.24, 2.45) is 5.73 Å². The first kappa shape index (κ1) is 9.36. The lowest BCUT2D eigenvalue weighted by Crippen LogP contribution is -2.19. The number of hydrogen-bond donors (Lipinski definition) is 2. The summed E-state index contributed by atoms with van der Waals surface area (Å²) in [6.07, 6.45) is 2.38. The zero-order chi connectivity index (χ0) is 10.5. The molecular weight excluding hydrogens is 254 g/mol. The fourth-order valence-electron chi connectivity index (χ4n) is 2.17. The zero-order valence-electron chi connectivity index (χ0n) is 8.26. The van der Waals surface area contributed by atoms with Crippen molar-refractivity contribution in [3.8, 4) is 0 Å². The Morgan fingerprint density at radius 3 is 2.93 bits per heavy atom. The predicted octanol–water partition coefficient (Wildman–Crippen LogP) is 2.32. The number of nitrogens with zero attached hydrogens (tertiary/aromatic N) is 1. The third-order valence-corrected chi connectivity index (χ3v) is 3.96. The molecule has 15 heavy (non-hydrogen) atoms. The van der Waals surface area contributed by atoms with Gasteiger partial charge in [-0.15, -0.1) is 0 Å². The van der Waals surface area contributed by atoms with Gasteiger partial charge in [0.2, 0.25) is 0 Å². The second-order valence-corrected chi connectivity index (χ2v) is 5.02. The van der Waals surface area contributed by atoms with Gasteiger partial charge < -0.3 is 5.73 Å². The number of hydrogen-bond acceptors (Lipinski definition) is 2. The maximum atomic E-state index is 5.85. The van der Waals surface area contributed by atoms with Crippen LogP contribution in [-0.4, -0.2) is 16.7 Å². The van der Waals surface area contributed by atoms with E-state index in [-0.39, 0.29) is 5.41 Å². The molecule has 1 heterocycles. The SMILES string of the molecule is NCC1(c2cccc3c(Br)[nH]nc23)CC1. The Bertz CT molecular complexity index is 514. The first-order valence-corrected chi connectivity index (χ1v) is 5.89. The van der Waals surface area contributed by atoms with Gasteiger partial charge >= 0.3 is 0 Å². The molecule has 1 saturated carbocycles. The highest BCUT2D eigenvalue weighted by Gasteiger charge is 2.44. The van der Waals surface area contributed by atoms with Crippen LogP contribution >= 0.6 is 15.9 Å². The number of aromatic nitrogens is 2. The van der Waals surface area contributed by atoms with Gasteiger partial charge in [0.15, 0.2) is 0 Å². The van der Waals surface area contributed by atoms with Gasteiger partial charge in [0.25, 0.3) is 0 Å². The Morgan fingerprint density at radius 1 is 1.47 bits per heavy atom. The summed E-state index contributed by atoms with van der Waals surface area (Å²) in [6.45, 7) is 0.719. The summed E-state index contributed by atoms with van der Waals surface area (Å²) in [7, 11) is 0. The first-order chi connectivity index (χ1) is 7.27. The van der Waals surface area contributed by atoms with E-state index >= 15 is 0 Å². The summed E-state index contributed by atoms with van der Waals surface area (Å²) in [5, 5.41) is 8.46. The average Bonchev–Trinajstić information content (AvgIpc) is 2.98. The van der Waals surface area contributed by atoms with E-state index in [1.54, 1.807) is 0 Å². The molecule has 4 heteroatoms. The van der Waals surface area contributed by atoms with Gasteiger partial charge in [0.05, 0.1) is 5.52 Å². The maximum Gasteiger partial charge on any atom is 0.108 e. The van der Waals surface area contributed by atoms with Crippen LogP contribution in [0.15, 0.2) is 22.8 Å². The lowest BCUT2D eigenvalue weighted by molar-refractivity contribution is 0.709. The summed E-state index contributed by atoms with van der Waals surface area (Å²) < 4.78 is 0.951. The number of H-pyrrole nitrogens is 1. The lowest BCUT2D eigenvalue weighted by Gasteiger charge is -2.12. The smallest absolute Gasteiger partial charge is 0.108 e. The van der Waals surface area contributed by atoms with Gasteiger partial charge in [-0.1, -0.05) is 18.2 Å². The number of rotatable bonds is 2. The van der Waals surface area contributed by atoms with Crippen molar-refractivity contribution < 1.29 is 0 Å². The Labute approximate surface area is 96.2 Å². The molecule has 0 unspecified atom stereocenters. The van der Waals surface area contributed by atoms with E-state index in [4.69, 9.17) is 5.73 Å². The normalized spacial score (nSPS) is 18.3. The molecule has 1 aromatic carbocycles. The van der Waals surface area contributed by atoms with Gasteiger partial charge in [0.1, 0.15) is 4.60 Å². The number of benzene rings is 1. The van der Waals surface area contributed by atoms with Crippen LogP contribution in [0, 0.1) is 0 Å². The highest BCUT2D eigenvalue weighted by Crippen LogP contribution is 2.49. The summed E-state index contributed by atoms with van der Waals surface area (Å²) in [5.74, 6) is 0. The standard InChI is InChI=1S/C11H12BrN3/c12-10-7-2-1-3-8(9(7)14-15-10)11(6-13)4-5-11/h1-3H,4-6,13H2,(H,14,15). The minimum Gasteiger partial charge on any atom is -0.330 e. The van der Waals surface area contributed by atoms with Crippen LogP contribution < -0.4 is 5.73 Å². The van der Waals surface area contributed by atoms with Crippen LogP contribution in [0.3, 0.4) is 0 Å². The van der Waals surface area contributed by atoms with E-state index in [9.17, 15) is 0 Å². The number of halogens is 1. The molecule has 1 aliphatic carbocycles. The summed E-state index contributed by atoms with van der Waals surface area (Å²) in [6, 6.07) is 6.29. The van der Waals surface area contributed by atoms with Gasteiger partial charge in [0, 0.05) is 17.3 Å². The number of aromatic amines is 1. The number of nitrogens with two attached hydrogens (primary N) is 1. The van der Waals surface area contributed by atoms with E-state index in [1.165, 1.54) is 18.4 Å². The van der Waals surface area contributed by atoms with Gasteiger partial charge in [-0.25, -0.2) is 0 Å². The van der Waals surface area contributed by atoms with Crippen molar-refractivity contribution in [3.63, 3.8) is 0 Å². The molecule has 1 aromatic heterocycles. The number of nitrogens with one attached hydrogen (secondary N) is 1. The molecule has 0 aliphatic heterocycles. The Balaban J connectivity index is 2.27. The van der Waals surface area contributed by atoms with E-state index < -0.39 is 0 Å². The molecule has 1 fully saturated rings. The molecule has 3 N–H and O–H groups in total. The van der Waals surface area contributed by atoms with E-state index in [0.717, 1.165) is 22.1 Å². The molecule has 0 bridgehead atoms. The second kappa shape index (κ2) is 3.06. The summed E-state index contributed by atoms with van der Waals surface area (Å²) >= 11 is 3.46. The maximum absolute atomic E-state index is 5.85. The van der Waals surface area contributed by atoms with Crippen LogP contribution in [0.5, 0.6) is 0 Å². The number of fused-ring (bicyclic) bond motifs is 1. The third-order valence-electron chi connectivity index (χ3n) is 3.35. The molecule has 0 saturated heterocycles. The first-order valence-electron chi connectivity index (χ1n) is 5.10. The summed E-state index contributed by atoms with van der Waals surface area (Å²) in [5.41, 5.74) is 8.41. The second-order valence-electron chi connectivity index (χ2n) is 4.22. The molecule has 78 valence electrons. The van der Waals surface area contributed by atoms with Gasteiger partial charge in [-0.05, 0) is 34.3 Å². The minimum atomic E-state index is 0.203. The van der Waals surface area contributed by atoms with Crippen LogP contribution in [0.1, 0.15) is 18.4 Å². The average molecular weight is 266 g/mol. The third kappa shape index (κ3) is 1.25. The minimum absolute atomic E-state index is 0.203. The molecule has 3 nitrogen and oxygen atoms in total. The fourth-order valence-corrected chi connectivity index (χ4v) is 2.58. The van der Waals surface area contributed by atoms with Gasteiger partial charge in [-0.3, -0.25) is 5.10 Å². The molecule has 0 amide bonds. The monoisotopic (exact) mass is 265 g/mol. The van der Waals surface area contributed by atoms with E-state index in [1.807, 2.05) is 0 Å². The summed E-state index contributed by atoms with van der Waals surface area (Å²) in [4.78, 5) is 0. The molecule has 2 aromatic rings. The van der Waals surface area contributed by atoms with Crippen molar-refractivity contribution in [3.05, 3.63) is 28.4 Å². The Morgan fingerprint density at radius 2 is 2.27 bits per heavy atom. The van der Waals surface area contributed by atoms with Gasteiger partial charge in [-0.2, -0.15) is 5.10 Å². The quantitative estimate of drug-likeness (QED) is 0.876. The zero-order valence-corrected chi connectivity index (χ0v) is 9.84. The molecule has 3 rings (SSSR count). The van der Waals surface area contributed by atoms with Crippen LogP contribution in [-0.2, 0) is 5.41 Å². The fraction of sp³-hybridized carbons (Fsp3) is 0.364. The molecule has 0 radical (unpaired) electrons. The van der Waals surface area contributed by atoms with Crippen molar-refractivity contribution in [2.75, 3.05) is 6.54 Å². The van der Waals surface area contributed by atoms with Crippen molar-refractivity contribution >= 4 is 26.8 Å². The van der Waals surface area contributed by atoms with E-state index in [2.05, 4.69) is 44.3 Å². The highest BCUT2D eigenvalue weighted by molar-refractivity contribution is 9.10.